The zero-order chi connectivity index (χ0) is 14.1. The quantitative estimate of drug-likeness (QED) is 0.790. The molecule has 0 saturated carbocycles. The predicted octanol–water partition coefficient (Wildman–Crippen LogP) is 3.22. The Labute approximate surface area is 118 Å². The van der Waals surface area contributed by atoms with Gasteiger partial charge in [0.05, 0.1) is 5.52 Å². The number of nitrogens with zero attached hydrogens (tertiary/aromatic N) is 2. The van der Waals surface area contributed by atoms with E-state index in [9.17, 15) is 5.11 Å². The summed E-state index contributed by atoms with van der Waals surface area (Å²) >= 11 is 0. The van der Waals surface area contributed by atoms with Crippen molar-refractivity contribution < 1.29 is 5.11 Å². The van der Waals surface area contributed by atoms with E-state index in [-0.39, 0.29) is 0 Å². The van der Waals surface area contributed by atoms with E-state index in [0.717, 1.165) is 22.9 Å². The molecule has 1 N–H and O–H groups in total. The van der Waals surface area contributed by atoms with E-state index >= 15 is 0 Å². The Kier molecular flexibility index (Phi) is 3.28. The van der Waals surface area contributed by atoms with Crippen LogP contribution in [-0.2, 0) is 13.5 Å². The van der Waals surface area contributed by atoms with Crippen LogP contribution in [0, 0.1) is 0 Å². The van der Waals surface area contributed by atoms with Crippen LogP contribution in [0.15, 0.2) is 48.5 Å². The number of aromatic nitrogens is 2. The molecule has 0 amide bonds. The number of rotatable bonds is 3. The van der Waals surface area contributed by atoms with Gasteiger partial charge in [0.15, 0.2) is 0 Å². The summed E-state index contributed by atoms with van der Waals surface area (Å²) in [7, 11) is 1.90. The minimum absolute atomic E-state index is 0.688. The smallest absolute Gasteiger partial charge is 0.123 e. The lowest BCUT2D eigenvalue weighted by Gasteiger charge is -2.09. The monoisotopic (exact) mass is 266 g/mol. The molecule has 0 fully saturated rings. The lowest BCUT2D eigenvalue weighted by molar-refractivity contribution is 0.215. The van der Waals surface area contributed by atoms with Gasteiger partial charge in [-0.3, -0.25) is 4.68 Å². The Hall–Kier alpha value is -2.13. The van der Waals surface area contributed by atoms with Gasteiger partial charge in [-0.25, -0.2) is 0 Å². The van der Waals surface area contributed by atoms with E-state index in [4.69, 9.17) is 0 Å². The van der Waals surface area contributed by atoms with Crippen molar-refractivity contribution in [3.05, 3.63) is 65.4 Å². The van der Waals surface area contributed by atoms with Gasteiger partial charge in [0, 0.05) is 12.4 Å². The summed E-state index contributed by atoms with van der Waals surface area (Å²) in [5.74, 6) is 0. The van der Waals surface area contributed by atoms with Gasteiger partial charge < -0.3 is 5.11 Å². The Balaban J connectivity index is 2.05. The highest BCUT2D eigenvalue weighted by Gasteiger charge is 2.18. The average Bonchev–Trinajstić information content (AvgIpc) is 2.84. The molecule has 1 atom stereocenters. The molecule has 0 aliphatic heterocycles. The summed E-state index contributed by atoms with van der Waals surface area (Å²) < 4.78 is 1.81. The summed E-state index contributed by atoms with van der Waals surface area (Å²) in [4.78, 5) is 0. The standard InChI is InChI=1S/C17H18N2O/c1-3-12-8-10-13(11-9-12)17(20)16-14-6-4-5-7-15(14)19(2)18-16/h4-11,17,20H,3H2,1-2H3. The van der Waals surface area contributed by atoms with Gasteiger partial charge in [-0.15, -0.1) is 0 Å². The maximum absolute atomic E-state index is 10.6. The molecule has 2 aromatic carbocycles. The molecular formula is C17H18N2O. The Morgan fingerprint density at radius 3 is 2.50 bits per heavy atom. The third kappa shape index (κ3) is 2.10. The Morgan fingerprint density at radius 2 is 1.80 bits per heavy atom. The summed E-state index contributed by atoms with van der Waals surface area (Å²) in [6, 6.07) is 16.0. The fourth-order valence-electron chi connectivity index (χ4n) is 2.54. The maximum Gasteiger partial charge on any atom is 0.123 e. The number of aryl methyl sites for hydroxylation is 2. The second kappa shape index (κ2) is 5.10. The Bertz CT molecular complexity index is 728. The van der Waals surface area contributed by atoms with Crippen LogP contribution < -0.4 is 0 Å². The summed E-state index contributed by atoms with van der Waals surface area (Å²) in [5, 5.41) is 16.1. The minimum atomic E-state index is -0.688. The molecule has 3 aromatic rings. The van der Waals surface area contributed by atoms with E-state index in [1.54, 1.807) is 0 Å². The van der Waals surface area contributed by atoms with Crippen molar-refractivity contribution in [3.63, 3.8) is 0 Å². The van der Waals surface area contributed by atoms with Crippen LogP contribution in [0.1, 0.15) is 29.8 Å². The van der Waals surface area contributed by atoms with Crippen LogP contribution >= 0.6 is 0 Å². The molecule has 0 bridgehead atoms. The second-order valence-corrected chi connectivity index (χ2v) is 5.02. The molecule has 0 radical (unpaired) electrons. The van der Waals surface area contributed by atoms with Crippen molar-refractivity contribution in [1.29, 1.82) is 0 Å². The minimum Gasteiger partial charge on any atom is -0.382 e. The number of fused-ring (bicyclic) bond motifs is 1. The van der Waals surface area contributed by atoms with Crippen molar-refractivity contribution >= 4 is 10.9 Å². The van der Waals surface area contributed by atoms with Crippen molar-refractivity contribution in [1.82, 2.24) is 9.78 Å². The van der Waals surface area contributed by atoms with Gasteiger partial charge in [0.1, 0.15) is 11.8 Å². The van der Waals surface area contributed by atoms with Crippen LogP contribution in [-0.4, -0.2) is 14.9 Å². The summed E-state index contributed by atoms with van der Waals surface area (Å²) in [6.07, 6.45) is 0.315. The zero-order valence-corrected chi connectivity index (χ0v) is 11.7. The highest BCUT2D eigenvalue weighted by Crippen LogP contribution is 2.28. The van der Waals surface area contributed by atoms with E-state index in [1.165, 1.54) is 5.56 Å². The number of benzene rings is 2. The first-order valence-electron chi connectivity index (χ1n) is 6.89. The topological polar surface area (TPSA) is 38.1 Å². The SMILES string of the molecule is CCc1ccc(C(O)c2nn(C)c3ccccc23)cc1. The normalized spacial score (nSPS) is 12.8. The third-order valence-electron chi connectivity index (χ3n) is 3.75. The number of aliphatic hydroxyl groups is 1. The number of para-hydroxylation sites is 1. The van der Waals surface area contributed by atoms with Crippen molar-refractivity contribution in [2.24, 2.45) is 7.05 Å². The van der Waals surface area contributed by atoms with Crippen molar-refractivity contribution in [3.8, 4) is 0 Å². The lowest BCUT2D eigenvalue weighted by atomic mass is 10.0. The molecule has 3 nitrogen and oxygen atoms in total. The fourth-order valence-corrected chi connectivity index (χ4v) is 2.54. The molecule has 1 aromatic heterocycles. The molecule has 102 valence electrons. The molecule has 0 aliphatic rings. The highest BCUT2D eigenvalue weighted by molar-refractivity contribution is 5.82. The van der Waals surface area contributed by atoms with E-state index in [0.29, 0.717) is 5.69 Å². The number of aliphatic hydroxyl groups excluding tert-OH is 1. The molecule has 3 heteroatoms. The van der Waals surface area contributed by atoms with Gasteiger partial charge in [-0.05, 0) is 23.6 Å². The van der Waals surface area contributed by atoms with Gasteiger partial charge in [-0.2, -0.15) is 5.10 Å². The number of hydrogen-bond acceptors (Lipinski definition) is 2. The van der Waals surface area contributed by atoms with Crippen molar-refractivity contribution in [2.45, 2.75) is 19.4 Å². The first kappa shape index (κ1) is 12.9. The van der Waals surface area contributed by atoms with Crippen LogP contribution in [0.4, 0.5) is 0 Å². The van der Waals surface area contributed by atoms with E-state index < -0.39 is 6.10 Å². The van der Waals surface area contributed by atoms with Gasteiger partial charge in [-0.1, -0.05) is 49.4 Å². The molecule has 1 heterocycles. The van der Waals surface area contributed by atoms with Crippen LogP contribution in [0.2, 0.25) is 0 Å². The van der Waals surface area contributed by atoms with E-state index in [2.05, 4.69) is 24.2 Å². The molecule has 20 heavy (non-hydrogen) atoms. The first-order chi connectivity index (χ1) is 9.70. The van der Waals surface area contributed by atoms with Crippen LogP contribution in [0.5, 0.6) is 0 Å². The predicted molar refractivity (Wildman–Crippen MR) is 80.6 cm³/mol. The molecular weight excluding hydrogens is 248 g/mol. The molecule has 0 saturated heterocycles. The van der Waals surface area contributed by atoms with Gasteiger partial charge in [0.2, 0.25) is 0 Å². The summed E-state index contributed by atoms with van der Waals surface area (Å²) in [5.41, 5.74) is 3.90. The molecule has 0 aliphatic carbocycles. The second-order valence-electron chi connectivity index (χ2n) is 5.02. The third-order valence-corrected chi connectivity index (χ3v) is 3.75. The van der Waals surface area contributed by atoms with E-state index in [1.807, 2.05) is 48.1 Å². The zero-order valence-electron chi connectivity index (χ0n) is 11.7. The highest BCUT2D eigenvalue weighted by atomic mass is 16.3. The van der Waals surface area contributed by atoms with Gasteiger partial charge in [0.25, 0.3) is 0 Å². The average molecular weight is 266 g/mol. The maximum atomic E-state index is 10.6. The molecule has 1 unspecified atom stereocenters. The number of hydrogen-bond donors (Lipinski definition) is 1. The van der Waals surface area contributed by atoms with Crippen LogP contribution in [0.3, 0.4) is 0 Å². The largest absolute Gasteiger partial charge is 0.382 e. The van der Waals surface area contributed by atoms with Crippen molar-refractivity contribution in [2.75, 3.05) is 0 Å². The molecule has 3 rings (SSSR count). The van der Waals surface area contributed by atoms with Crippen LogP contribution in [0.25, 0.3) is 10.9 Å². The van der Waals surface area contributed by atoms with Gasteiger partial charge >= 0.3 is 0 Å². The summed E-state index contributed by atoms with van der Waals surface area (Å²) in [6.45, 7) is 2.12. The Morgan fingerprint density at radius 1 is 1.10 bits per heavy atom. The fraction of sp³-hybridized carbons (Fsp3) is 0.235. The first-order valence-corrected chi connectivity index (χ1v) is 6.89. The lowest BCUT2D eigenvalue weighted by Crippen LogP contribution is -2.02. The molecule has 0 spiro atoms.